The van der Waals surface area contributed by atoms with Gasteiger partial charge in [0.25, 0.3) is 0 Å². The van der Waals surface area contributed by atoms with E-state index in [1.807, 2.05) is 34.6 Å². The minimum Gasteiger partial charge on any atom is -0.392 e. The van der Waals surface area contributed by atoms with Gasteiger partial charge in [0.2, 0.25) is 5.89 Å². The Hall–Kier alpha value is -1.18. The summed E-state index contributed by atoms with van der Waals surface area (Å²) >= 11 is 0. The lowest BCUT2D eigenvalue weighted by atomic mass is 9.97. The third-order valence-electron chi connectivity index (χ3n) is 3.60. The SMILES string of the molecule is CC1CN(CC(O)Cn2nc(C(C)(C)C)oc2=O)CC(C)O1. The van der Waals surface area contributed by atoms with Crippen LogP contribution in [0.15, 0.2) is 9.21 Å². The van der Waals surface area contributed by atoms with E-state index in [-0.39, 0.29) is 24.2 Å². The van der Waals surface area contributed by atoms with Crippen LogP contribution >= 0.6 is 0 Å². The molecular formula is C15H27N3O4. The van der Waals surface area contributed by atoms with Crippen LogP contribution < -0.4 is 5.76 Å². The first kappa shape index (κ1) is 17.2. The lowest BCUT2D eigenvalue weighted by Gasteiger charge is -2.36. The molecule has 1 aromatic rings. The molecule has 7 heteroatoms. The molecule has 2 heterocycles. The summed E-state index contributed by atoms with van der Waals surface area (Å²) < 4.78 is 12.0. The molecule has 0 aromatic carbocycles. The Bertz CT molecular complexity index is 536. The van der Waals surface area contributed by atoms with E-state index in [1.54, 1.807) is 0 Å². The van der Waals surface area contributed by atoms with Crippen molar-refractivity contribution in [2.24, 2.45) is 0 Å². The maximum atomic E-state index is 11.8. The van der Waals surface area contributed by atoms with Gasteiger partial charge in [-0.2, -0.15) is 4.68 Å². The molecule has 1 saturated heterocycles. The van der Waals surface area contributed by atoms with Crippen molar-refractivity contribution >= 4 is 0 Å². The lowest BCUT2D eigenvalue weighted by molar-refractivity contribution is -0.0775. The van der Waals surface area contributed by atoms with Crippen molar-refractivity contribution in [3.05, 3.63) is 16.4 Å². The highest BCUT2D eigenvalue weighted by molar-refractivity contribution is 4.94. The molecule has 0 bridgehead atoms. The number of aliphatic hydroxyl groups is 1. The van der Waals surface area contributed by atoms with Crippen LogP contribution in [0.2, 0.25) is 0 Å². The molecule has 1 aliphatic rings. The van der Waals surface area contributed by atoms with Gasteiger partial charge < -0.3 is 14.3 Å². The molecule has 2 rings (SSSR count). The van der Waals surface area contributed by atoms with Gasteiger partial charge in [0, 0.05) is 25.0 Å². The fraction of sp³-hybridized carbons (Fsp3) is 0.867. The number of β-amino-alcohol motifs (C(OH)–C–C–N with tert-alkyl or cyclic N) is 1. The van der Waals surface area contributed by atoms with Crippen molar-refractivity contribution < 1.29 is 14.3 Å². The second-order valence-electron chi connectivity index (χ2n) is 7.23. The molecular weight excluding hydrogens is 286 g/mol. The van der Waals surface area contributed by atoms with E-state index in [0.29, 0.717) is 12.4 Å². The number of rotatable bonds is 4. The van der Waals surface area contributed by atoms with Gasteiger partial charge in [0.05, 0.1) is 24.9 Å². The van der Waals surface area contributed by atoms with Crippen molar-refractivity contribution in [3.8, 4) is 0 Å². The van der Waals surface area contributed by atoms with Crippen LogP contribution in [-0.4, -0.2) is 57.7 Å². The van der Waals surface area contributed by atoms with E-state index in [4.69, 9.17) is 9.15 Å². The summed E-state index contributed by atoms with van der Waals surface area (Å²) in [7, 11) is 0. The van der Waals surface area contributed by atoms with E-state index in [1.165, 1.54) is 4.68 Å². The van der Waals surface area contributed by atoms with Crippen molar-refractivity contribution in [2.45, 2.75) is 64.9 Å². The summed E-state index contributed by atoms with van der Waals surface area (Å²) in [5.74, 6) is -0.133. The second kappa shape index (κ2) is 6.52. The highest BCUT2D eigenvalue weighted by atomic mass is 16.5. The van der Waals surface area contributed by atoms with Crippen molar-refractivity contribution in [2.75, 3.05) is 19.6 Å². The molecule has 7 nitrogen and oxygen atoms in total. The maximum Gasteiger partial charge on any atom is 0.437 e. The zero-order valence-electron chi connectivity index (χ0n) is 14.1. The van der Waals surface area contributed by atoms with E-state index in [9.17, 15) is 9.90 Å². The van der Waals surface area contributed by atoms with E-state index in [2.05, 4.69) is 10.00 Å². The van der Waals surface area contributed by atoms with E-state index < -0.39 is 11.9 Å². The summed E-state index contributed by atoms with van der Waals surface area (Å²) in [4.78, 5) is 14.0. The average molecular weight is 313 g/mol. The summed E-state index contributed by atoms with van der Waals surface area (Å²) in [5, 5.41) is 14.4. The Kier molecular flexibility index (Phi) is 5.09. The molecule has 1 N–H and O–H groups in total. The zero-order chi connectivity index (χ0) is 16.5. The Balaban J connectivity index is 1.96. The number of nitrogens with zero attached hydrogens (tertiary/aromatic N) is 3. The minimum atomic E-state index is -0.673. The molecule has 0 amide bonds. The van der Waals surface area contributed by atoms with Crippen LogP contribution in [0.5, 0.6) is 0 Å². The number of hydrogen-bond donors (Lipinski definition) is 1. The number of hydrogen-bond acceptors (Lipinski definition) is 6. The Morgan fingerprint density at radius 2 is 1.86 bits per heavy atom. The quantitative estimate of drug-likeness (QED) is 0.877. The Morgan fingerprint density at radius 3 is 2.36 bits per heavy atom. The predicted octanol–water partition coefficient (Wildman–Crippen LogP) is 0.604. The van der Waals surface area contributed by atoms with Crippen LogP contribution in [0, 0.1) is 0 Å². The number of ether oxygens (including phenoxy) is 1. The molecule has 0 radical (unpaired) electrons. The molecule has 1 aromatic heterocycles. The third kappa shape index (κ3) is 4.41. The number of aliphatic hydroxyl groups excluding tert-OH is 1. The van der Waals surface area contributed by atoms with Gasteiger partial charge in [-0.1, -0.05) is 20.8 Å². The summed E-state index contributed by atoms with van der Waals surface area (Å²) in [5.41, 5.74) is -0.329. The monoisotopic (exact) mass is 313 g/mol. The summed E-state index contributed by atoms with van der Waals surface area (Å²) in [6.07, 6.45) is -0.371. The number of morpholine rings is 1. The fourth-order valence-corrected chi connectivity index (χ4v) is 2.71. The van der Waals surface area contributed by atoms with Gasteiger partial charge in [0.15, 0.2) is 0 Å². The smallest absolute Gasteiger partial charge is 0.392 e. The standard InChI is InChI=1S/C15H27N3O4/c1-10-6-17(7-11(2)21-10)8-12(19)9-18-14(20)22-13(16-18)15(3,4)5/h10-12,19H,6-9H2,1-5H3. The zero-order valence-corrected chi connectivity index (χ0v) is 14.1. The molecule has 3 unspecified atom stereocenters. The third-order valence-corrected chi connectivity index (χ3v) is 3.60. The molecule has 1 fully saturated rings. The van der Waals surface area contributed by atoms with Crippen molar-refractivity contribution in [1.82, 2.24) is 14.7 Å². The van der Waals surface area contributed by atoms with Gasteiger partial charge in [-0.25, -0.2) is 4.79 Å². The molecule has 3 atom stereocenters. The Morgan fingerprint density at radius 1 is 1.27 bits per heavy atom. The Labute approximate surface area is 130 Å². The molecule has 126 valence electrons. The molecule has 0 spiro atoms. The lowest BCUT2D eigenvalue weighted by Crippen LogP contribution is -2.48. The molecule has 1 aliphatic heterocycles. The van der Waals surface area contributed by atoms with Crippen LogP contribution in [0.3, 0.4) is 0 Å². The second-order valence-corrected chi connectivity index (χ2v) is 7.23. The molecule has 0 saturated carbocycles. The van der Waals surface area contributed by atoms with E-state index >= 15 is 0 Å². The van der Waals surface area contributed by atoms with Crippen LogP contribution in [-0.2, 0) is 16.7 Å². The molecule has 0 aliphatic carbocycles. The minimum absolute atomic E-state index is 0.137. The fourth-order valence-electron chi connectivity index (χ4n) is 2.71. The number of aromatic nitrogens is 2. The van der Waals surface area contributed by atoms with Gasteiger partial charge in [0.1, 0.15) is 0 Å². The van der Waals surface area contributed by atoms with E-state index in [0.717, 1.165) is 13.1 Å². The first-order valence-electron chi connectivity index (χ1n) is 7.79. The van der Waals surface area contributed by atoms with Gasteiger partial charge in [-0.05, 0) is 13.8 Å². The summed E-state index contributed by atoms with van der Waals surface area (Å²) in [6, 6.07) is 0. The topological polar surface area (TPSA) is 80.7 Å². The molecule has 22 heavy (non-hydrogen) atoms. The van der Waals surface area contributed by atoms with Crippen molar-refractivity contribution in [1.29, 1.82) is 0 Å². The highest BCUT2D eigenvalue weighted by Gasteiger charge is 2.26. The maximum absolute atomic E-state index is 11.8. The first-order valence-corrected chi connectivity index (χ1v) is 7.79. The average Bonchev–Trinajstić information content (AvgIpc) is 2.69. The normalized spacial score (nSPS) is 25.4. The predicted molar refractivity (Wildman–Crippen MR) is 81.9 cm³/mol. The first-order chi connectivity index (χ1) is 10.1. The highest BCUT2D eigenvalue weighted by Crippen LogP contribution is 2.18. The van der Waals surface area contributed by atoms with Crippen molar-refractivity contribution in [3.63, 3.8) is 0 Å². The largest absolute Gasteiger partial charge is 0.437 e. The van der Waals surface area contributed by atoms with Gasteiger partial charge in [-0.15, -0.1) is 5.10 Å². The van der Waals surface area contributed by atoms with Crippen LogP contribution in [0.25, 0.3) is 0 Å². The van der Waals surface area contributed by atoms with Gasteiger partial charge >= 0.3 is 5.76 Å². The van der Waals surface area contributed by atoms with Crippen LogP contribution in [0.1, 0.15) is 40.5 Å². The van der Waals surface area contributed by atoms with Gasteiger partial charge in [-0.3, -0.25) is 4.90 Å². The summed E-state index contributed by atoms with van der Waals surface area (Å²) in [6.45, 7) is 12.0. The van der Waals surface area contributed by atoms with Crippen LogP contribution in [0.4, 0.5) is 0 Å².